The fraction of sp³-hybridized carbons (Fsp3) is 0.706. The normalized spacial score (nSPS) is 24.3. The van der Waals surface area contributed by atoms with Crippen molar-refractivity contribution in [3.63, 3.8) is 0 Å². The molecule has 2 heterocycles. The summed E-state index contributed by atoms with van der Waals surface area (Å²) in [5, 5.41) is 6.43. The van der Waals surface area contributed by atoms with E-state index in [4.69, 9.17) is 4.74 Å². The lowest BCUT2D eigenvalue weighted by molar-refractivity contribution is -0.120. The number of hydrogen-bond donors (Lipinski definition) is 2. The monoisotopic (exact) mass is 294 g/mol. The Hall–Kier alpha value is -1.29. The summed E-state index contributed by atoms with van der Waals surface area (Å²) in [6.45, 7) is 11.6. The molecule has 0 aliphatic carbocycles. The highest BCUT2D eigenvalue weighted by Gasteiger charge is 2.41. The molecule has 1 amide bonds. The quantitative estimate of drug-likeness (QED) is 0.823. The number of amides is 1. The Morgan fingerprint density at radius 2 is 2.00 bits per heavy atom. The molecular formula is C17H30N2O2. The summed E-state index contributed by atoms with van der Waals surface area (Å²) in [5.74, 6) is 0.949. The molecule has 4 nitrogen and oxygen atoms in total. The van der Waals surface area contributed by atoms with E-state index in [0.29, 0.717) is 0 Å². The first-order valence-electron chi connectivity index (χ1n) is 8.07. The van der Waals surface area contributed by atoms with E-state index in [-0.39, 0.29) is 17.6 Å². The van der Waals surface area contributed by atoms with Crippen LogP contribution in [0.25, 0.3) is 0 Å². The van der Waals surface area contributed by atoms with Crippen molar-refractivity contribution in [3.8, 4) is 0 Å². The van der Waals surface area contributed by atoms with Gasteiger partial charge in [-0.15, -0.1) is 0 Å². The second-order valence-corrected chi connectivity index (χ2v) is 5.54. The van der Waals surface area contributed by atoms with E-state index in [1.165, 1.54) is 0 Å². The van der Waals surface area contributed by atoms with Crippen LogP contribution in [0.1, 0.15) is 53.9 Å². The summed E-state index contributed by atoms with van der Waals surface area (Å²) < 4.78 is 6.28. The molecule has 1 fully saturated rings. The number of carbonyl (C=O) groups excluding carboxylic acids is 1. The fourth-order valence-corrected chi connectivity index (χ4v) is 2.96. The zero-order valence-electron chi connectivity index (χ0n) is 14.1. The Labute approximate surface area is 129 Å². The van der Waals surface area contributed by atoms with Gasteiger partial charge in [-0.25, -0.2) is 0 Å². The zero-order valence-corrected chi connectivity index (χ0v) is 14.1. The lowest BCUT2D eigenvalue weighted by atomic mass is 9.81. The number of allylic oxidation sites excluding steroid dienone is 2. The van der Waals surface area contributed by atoms with Crippen LogP contribution in [0.4, 0.5) is 0 Å². The zero-order chi connectivity index (χ0) is 15.9. The molecule has 0 aromatic heterocycles. The second kappa shape index (κ2) is 8.23. The summed E-state index contributed by atoms with van der Waals surface area (Å²) in [6, 6.07) is 0.0931. The lowest BCUT2D eigenvalue weighted by Crippen LogP contribution is -2.52. The minimum absolute atomic E-state index is 0.0233. The first-order valence-corrected chi connectivity index (χ1v) is 8.07. The van der Waals surface area contributed by atoms with Gasteiger partial charge in [-0.2, -0.15) is 0 Å². The Balaban J connectivity index is 0.00000106. The van der Waals surface area contributed by atoms with Gasteiger partial charge in [0.15, 0.2) is 0 Å². The predicted octanol–water partition coefficient (Wildman–Crippen LogP) is 2.91. The van der Waals surface area contributed by atoms with Crippen molar-refractivity contribution in [1.82, 2.24) is 10.6 Å². The Kier molecular flexibility index (Phi) is 6.96. The fourth-order valence-electron chi connectivity index (χ4n) is 2.96. The highest BCUT2D eigenvalue weighted by atomic mass is 16.5. The van der Waals surface area contributed by atoms with Gasteiger partial charge in [-0.3, -0.25) is 4.79 Å². The average molecular weight is 294 g/mol. The summed E-state index contributed by atoms with van der Waals surface area (Å²) >= 11 is 0. The first-order chi connectivity index (χ1) is 10.1. The molecule has 120 valence electrons. The highest BCUT2D eigenvalue weighted by molar-refractivity contribution is 5.73. The molecular weight excluding hydrogens is 264 g/mol. The van der Waals surface area contributed by atoms with Gasteiger partial charge in [-0.05, 0) is 51.4 Å². The maximum atomic E-state index is 11.4. The van der Waals surface area contributed by atoms with Crippen molar-refractivity contribution < 1.29 is 9.53 Å². The van der Waals surface area contributed by atoms with E-state index in [2.05, 4.69) is 10.6 Å². The maximum absolute atomic E-state index is 11.4. The van der Waals surface area contributed by atoms with Gasteiger partial charge >= 0.3 is 0 Å². The van der Waals surface area contributed by atoms with Crippen LogP contribution in [0.15, 0.2) is 23.5 Å². The van der Waals surface area contributed by atoms with Crippen molar-refractivity contribution in [2.45, 2.75) is 65.5 Å². The largest absolute Gasteiger partial charge is 0.487 e. The SMILES string of the molecule is C/C=C\C1=C(C)C(NC(C)=O)CC2(CCNCC2)O1.CC. The topological polar surface area (TPSA) is 50.4 Å². The minimum atomic E-state index is -0.118. The average Bonchev–Trinajstić information content (AvgIpc) is 2.47. The highest BCUT2D eigenvalue weighted by Crippen LogP contribution is 2.38. The van der Waals surface area contributed by atoms with Crippen LogP contribution in [0.3, 0.4) is 0 Å². The third-order valence-corrected chi connectivity index (χ3v) is 4.02. The van der Waals surface area contributed by atoms with Crippen molar-refractivity contribution in [3.05, 3.63) is 23.5 Å². The molecule has 1 spiro atoms. The maximum Gasteiger partial charge on any atom is 0.217 e. The predicted molar refractivity (Wildman–Crippen MR) is 87.0 cm³/mol. The molecule has 2 rings (SSSR count). The van der Waals surface area contributed by atoms with Crippen molar-refractivity contribution in [1.29, 1.82) is 0 Å². The van der Waals surface area contributed by atoms with Crippen molar-refractivity contribution >= 4 is 5.91 Å². The number of rotatable bonds is 2. The summed E-state index contributed by atoms with van der Waals surface area (Å²) in [4.78, 5) is 11.4. The smallest absolute Gasteiger partial charge is 0.217 e. The van der Waals surface area contributed by atoms with Crippen LogP contribution in [-0.4, -0.2) is 30.6 Å². The number of piperidine rings is 1. The molecule has 4 heteroatoms. The second-order valence-electron chi connectivity index (χ2n) is 5.54. The Bertz CT molecular complexity index is 407. The number of hydrogen-bond acceptors (Lipinski definition) is 3. The molecule has 1 atom stereocenters. The third kappa shape index (κ3) is 4.60. The summed E-state index contributed by atoms with van der Waals surface area (Å²) in [5.41, 5.74) is 1.00. The standard InChI is InChI=1S/C15H24N2O2.C2H6/c1-4-5-14-11(2)13(17-12(3)18)10-15(19-14)6-8-16-9-7-15;1-2/h4-5,13,16H,6-10H2,1-3H3,(H,17,18);1-2H3/b5-4-;. The van der Waals surface area contributed by atoms with Crippen LogP contribution in [0, 0.1) is 0 Å². The van der Waals surface area contributed by atoms with Gasteiger partial charge in [0.05, 0.1) is 6.04 Å². The number of carbonyl (C=O) groups is 1. The number of ether oxygens (including phenoxy) is 1. The molecule has 0 radical (unpaired) electrons. The molecule has 0 aromatic rings. The molecule has 1 saturated heterocycles. The van der Waals surface area contributed by atoms with Crippen LogP contribution in [0.5, 0.6) is 0 Å². The first kappa shape index (κ1) is 17.8. The van der Waals surface area contributed by atoms with E-state index in [9.17, 15) is 4.79 Å². The van der Waals surface area contributed by atoms with E-state index in [1.54, 1.807) is 6.92 Å². The minimum Gasteiger partial charge on any atom is -0.487 e. The van der Waals surface area contributed by atoms with Crippen molar-refractivity contribution in [2.24, 2.45) is 0 Å². The van der Waals surface area contributed by atoms with Crippen LogP contribution in [0.2, 0.25) is 0 Å². The van der Waals surface area contributed by atoms with Gasteiger partial charge in [0.2, 0.25) is 5.91 Å². The van der Waals surface area contributed by atoms with E-state index >= 15 is 0 Å². The molecule has 0 saturated carbocycles. The van der Waals surface area contributed by atoms with E-state index in [1.807, 2.05) is 39.8 Å². The molecule has 0 aromatic carbocycles. The molecule has 2 N–H and O–H groups in total. The van der Waals surface area contributed by atoms with Gasteiger partial charge in [0, 0.05) is 13.3 Å². The Morgan fingerprint density at radius 1 is 1.38 bits per heavy atom. The molecule has 2 aliphatic heterocycles. The van der Waals surface area contributed by atoms with Crippen LogP contribution < -0.4 is 10.6 Å². The molecule has 21 heavy (non-hydrogen) atoms. The van der Waals surface area contributed by atoms with Crippen molar-refractivity contribution in [2.75, 3.05) is 13.1 Å². The Morgan fingerprint density at radius 3 is 2.52 bits per heavy atom. The number of nitrogens with one attached hydrogen (secondary N) is 2. The van der Waals surface area contributed by atoms with E-state index < -0.39 is 0 Å². The summed E-state index contributed by atoms with van der Waals surface area (Å²) in [7, 11) is 0. The molecule has 1 unspecified atom stereocenters. The van der Waals surface area contributed by atoms with Gasteiger partial charge in [0.25, 0.3) is 0 Å². The van der Waals surface area contributed by atoms with Crippen LogP contribution >= 0.6 is 0 Å². The lowest BCUT2D eigenvalue weighted by Gasteiger charge is -2.44. The van der Waals surface area contributed by atoms with Gasteiger partial charge in [-0.1, -0.05) is 19.9 Å². The van der Waals surface area contributed by atoms with Crippen LogP contribution in [-0.2, 0) is 9.53 Å². The van der Waals surface area contributed by atoms with Gasteiger partial charge < -0.3 is 15.4 Å². The molecule has 0 bridgehead atoms. The summed E-state index contributed by atoms with van der Waals surface area (Å²) in [6.07, 6.45) is 6.87. The van der Waals surface area contributed by atoms with Gasteiger partial charge in [0.1, 0.15) is 11.4 Å². The van der Waals surface area contributed by atoms with E-state index in [0.717, 1.165) is 43.7 Å². The third-order valence-electron chi connectivity index (χ3n) is 4.02. The molecule has 2 aliphatic rings.